The number of hydrogen-bond donors (Lipinski definition) is 2. The number of nitrogens with one attached hydrogen (secondary N) is 1. The highest BCUT2D eigenvalue weighted by Gasteiger charge is 2.70. The molecule has 0 bridgehead atoms. The molecule has 27 heavy (non-hydrogen) atoms. The Morgan fingerprint density at radius 1 is 1.19 bits per heavy atom. The maximum Gasteiger partial charge on any atom is 0.325 e. The fraction of sp³-hybridized carbons (Fsp3) is 0.316. The van der Waals surface area contributed by atoms with Gasteiger partial charge in [0.05, 0.1) is 0 Å². The second kappa shape index (κ2) is 6.31. The topological polar surface area (TPSA) is 86.7 Å². The second-order valence-electron chi connectivity index (χ2n) is 7.14. The first-order valence-corrected chi connectivity index (χ1v) is 10.4. The smallest absolute Gasteiger partial charge is 0.325 e. The average molecular weight is 407 g/mol. The van der Waals surface area contributed by atoms with Gasteiger partial charge in [-0.2, -0.15) is 17.4 Å². The van der Waals surface area contributed by atoms with Crippen LogP contribution < -0.4 is 4.72 Å². The number of carboxylic acids is 1. The van der Waals surface area contributed by atoms with E-state index in [1.165, 1.54) is 4.31 Å². The number of hydrogen-bond acceptors (Lipinski definition) is 3. The largest absolute Gasteiger partial charge is 0.480 e. The van der Waals surface area contributed by atoms with Crippen LogP contribution in [0.3, 0.4) is 0 Å². The highest BCUT2D eigenvalue weighted by molar-refractivity contribution is 7.87. The van der Waals surface area contributed by atoms with E-state index < -0.39 is 27.6 Å². The van der Waals surface area contributed by atoms with E-state index in [2.05, 4.69) is 4.72 Å². The summed E-state index contributed by atoms with van der Waals surface area (Å²) in [5, 5.41) is 10.4. The average Bonchev–Trinajstić information content (AvgIpc) is 3.00. The van der Waals surface area contributed by atoms with Crippen molar-refractivity contribution >= 4 is 27.8 Å². The number of benzene rings is 2. The van der Waals surface area contributed by atoms with Crippen molar-refractivity contribution < 1.29 is 18.3 Å². The molecule has 0 aromatic heterocycles. The van der Waals surface area contributed by atoms with Gasteiger partial charge >= 0.3 is 5.97 Å². The molecule has 0 radical (unpaired) electrons. The maximum atomic E-state index is 13.0. The summed E-state index contributed by atoms with van der Waals surface area (Å²) >= 11 is 5.99. The highest BCUT2D eigenvalue weighted by atomic mass is 35.5. The lowest BCUT2D eigenvalue weighted by Crippen LogP contribution is -2.50. The molecular formula is C19H19ClN2O4S. The predicted octanol–water partition coefficient (Wildman–Crippen LogP) is 2.75. The molecule has 6 nitrogen and oxygen atoms in total. The molecule has 2 aromatic rings. The molecule has 142 valence electrons. The molecule has 1 saturated carbocycles. The Morgan fingerprint density at radius 3 is 2.52 bits per heavy atom. The Balaban J connectivity index is 1.61. The monoisotopic (exact) mass is 406 g/mol. The van der Waals surface area contributed by atoms with Crippen LogP contribution in [-0.4, -0.2) is 29.3 Å². The van der Waals surface area contributed by atoms with Gasteiger partial charge in [0.1, 0.15) is 5.54 Å². The number of fused-ring (bicyclic) bond motifs is 1. The molecule has 2 aromatic carbocycles. The van der Waals surface area contributed by atoms with E-state index in [0.29, 0.717) is 5.02 Å². The molecule has 4 rings (SSSR count). The lowest BCUT2D eigenvalue weighted by Gasteiger charge is -2.21. The molecule has 3 atom stereocenters. The third-order valence-corrected chi connectivity index (χ3v) is 7.38. The molecular weight excluding hydrogens is 388 g/mol. The van der Waals surface area contributed by atoms with Crippen molar-refractivity contribution in [1.82, 2.24) is 9.03 Å². The third-order valence-electron chi connectivity index (χ3n) is 5.61. The van der Waals surface area contributed by atoms with Crippen molar-refractivity contribution in [3.63, 3.8) is 0 Å². The Labute approximate surface area is 162 Å². The molecule has 2 N–H and O–H groups in total. The summed E-state index contributed by atoms with van der Waals surface area (Å²) < 4.78 is 29.7. The first kappa shape index (κ1) is 18.4. The lowest BCUT2D eigenvalue weighted by atomic mass is 10.1. The predicted molar refractivity (Wildman–Crippen MR) is 101 cm³/mol. The Kier molecular flexibility index (Phi) is 4.31. The van der Waals surface area contributed by atoms with Crippen molar-refractivity contribution in [1.29, 1.82) is 0 Å². The number of nitrogens with zero attached hydrogens (tertiary/aromatic N) is 1. The van der Waals surface area contributed by atoms with Gasteiger partial charge in [-0.3, -0.25) is 4.79 Å². The molecule has 1 fully saturated rings. The van der Waals surface area contributed by atoms with Gasteiger partial charge in [-0.25, -0.2) is 0 Å². The van der Waals surface area contributed by atoms with Gasteiger partial charge in [0.15, 0.2) is 0 Å². The number of carbonyl (C=O) groups is 1. The van der Waals surface area contributed by atoms with Crippen molar-refractivity contribution in [3.05, 3.63) is 70.2 Å². The van der Waals surface area contributed by atoms with E-state index in [-0.39, 0.29) is 19.0 Å². The van der Waals surface area contributed by atoms with Crippen molar-refractivity contribution in [2.24, 2.45) is 5.92 Å². The molecule has 1 aliphatic carbocycles. The van der Waals surface area contributed by atoms with Crippen LogP contribution in [-0.2, 0) is 28.1 Å². The number of rotatable bonds is 5. The minimum atomic E-state index is -4.00. The lowest BCUT2D eigenvalue weighted by molar-refractivity contribution is -0.140. The van der Waals surface area contributed by atoms with E-state index in [0.717, 1.165) is 16.7 Å². The summed E-state index contributed by atoms with van der Waals surface area (Å²) in [5.74, 6) is -1.93. The van der Waals surface area contributed by atoms with Crippen LogP contribution in [0.4, 0.5) is 0 Å². The molecule has 0 spiro atoms. The Bertz CT molecular complexity index is 1010. The van der Waals surface area contributed by atoms with Crippen molar-refractivity contribution in [2.45, 2.75) is 31.5 Å². The van der Waals surface area contributed by atoms with Gasteiger partial charge in [0.2, 0.25) is 0 Å². The van der Waals surface area contributed by atoms with Crippen LogP contribution in [0.1, 0.15) is 29.5 Å². The second-order valence-corrected chi connectivity index (χ2v) is 9.25. The number of aliphatic carboxylic acids is 1. The van der Waals surface area contributed by atoms with Crippen LogP contribution in [0.5, 0.6) is 0 Å². The fourth-order valence-corrected chi connectivity index (χ4v) is 5.85. The fourth-order valence-electron chi connectivity index (χ4n) is 4.08. The molecule has 1 aliphatic heterocycles. The van der Waals surface area contributed by atoms with Gasteiger partial charge in [0.25, 0.3) is 10.2 Å². The van der Waals surface area contributed by atoms with E-state index >= 15 is 0 Å². The van der Waals surface area contributed by atoms with Crippen LogP contribution in [0.15, 0.2) is 48.5 Å². The zero-order chi connectivity index (χ0) is 19.4. The number of halogens is 1. The zero-order valence-electron chi connectivity index (χ0n) is 14.6. The van der Waals surface area contributed by atoms with Gasteiger partial charge < -0.3 is 5.11 Å². The summed E-state index contributed by atoms with van der Waals surface area (Å²) in [6.07, 6.45) is 0. The first-order chi connectivity index (χ1) is 12.8. The molecule has 1 unspecified atom stereocenters. The van der Waals surface area contributed by atoms with Gasteiger partial charge in [-0.1, -0.05) is 54.9 Å². The van der Waals surface area contributed by atoms with Gasteiger partial charge in [0, 0.05) is 24.0 Å². The van der Waals surface area contributed by atoms with E-state index in [1.54, 1.807) is 25.1 Å². The summed E-state index contributed by atoms with van der Waals surface area (Å²) in [4.78, 5) is 12.1. The first-order valence-electron chi connectivity index (χ1n) is 8.60. The maximum absolute atomic E-state index is 13.0. The Hall–Kier alpha value is -1.93. The van der Waals surface area contributed by atoms with Crippen LogP contribution in [0.25, 0.3) is 0 Å². The van der Waals surface area contributed by atoms with Gasteiger partial charge in [-0.15, -0.1) is 0 Å². The quantitative estimate of drug-likeness (QED) is 0.799. The van der Waals surface area contributed by atoms with Gasteiger partial charge in [-0.05, 0) is 34.7 Å². The SMILES string of the molecule is CC1[C@@H](c2ccccc2)[C@]1(NS(=O)(=O)N1Cc2ccc(Cl)cc2C1)C(=O)O. The Morgan fingerprint density at radius 2 is 1.85 bits per heavy atom. The summed E-state index contributed by atoms with van der Waals surface area (Å²) in [6, 6.07) is 14.4. The summed E-state index contributed by atoms with van der Waals surface area (Å²) in [7, 11) is -4.00. The standard InChI is InChI=1S/C19H19ClN2O4S/c1-12-17(13-5-3-2-4-6-13)19(12,18(23)24)21-27(25,26)22-10-14-7-8-16(20)9-15(14)11-22/h2-9,12,17,21H,10-11H2,1H3,(H,23,24)/t12?,17-,19-/m0/s1. The van der Waals surface area contributed by atoms with Crippen LogP contribution >= 0.6 is 11.6 Å². The van der Waals surface area contributed by atoms with Crippen LogP contribution in [0.2, 0.25) is 5.02 Å². The minimum Gasteiger partial charge on any atom is -0.480 e. The summed E-state index contributed by atoms with van der Waals surface area (Å²) in [5.41, 5.74) is 0.983. The molecule has 2 aliphatic rings. The highest BCUT2D eigenvalue weighted by Crippen LogP contribution is 2.58. The normalized spacial score (nSPS) is 27.3. The van der Waals surface area contributed by atoms with E-state index in [1.807, 2.05) is 30.3 Å². The van der Waals surface area contributed by atoms with E-state index in [4.69, 9.17) is 11.6 Å². The molecule has 1 heterocycles. The van der Waals surface area contributed by atoms with Crippen molar-refractivity contribution in [3.8, 4) is 0 Å². The zero-order valence-corrected chi connectivity index (χ0v) is 16.2. The molecule has 8 heteroatoms. The van der Waals surface area contributed by atoms with Crippen LogP contribution in [0, 0.1) is 5.92 Å². The molecule has 0 saturated heterocycles. The third kappa shape index (κ3) is 2.95. The molecule has 0 amide bonds. The van der Waals surface area contributed by atoms with Crippen molar-refractivity contribution in [2.75, 3.05) is 0 Å². The van der Waals surface area contributed by atoms with E-state index in [9.17, 15) is 18.3 Å². The summed E-state index contributed by atoms with van der Waals surface area (Å²) in [6.45, 7) is 2.13. The number of carboxylic acid groups (broad SMARTS) is 1. The minimum absolute atomic E-state index is 0.172.